The molecule has 10 heavy (non-hydrogen) atoms. The Morgan fingerprint density at radius 1 is 1.90 bits per heavy atom. The maximum absolute atomic E-state index is 10.7. The van der Waals surface area contributed by atoms with E-state index in [0.29, 0.717) is 4.47 Å². The molecule has 0 bridgehead atoms. The number of carbonyl (C=O) groups is 1. The van der Waals surface area contributed by atoms with Gasteiger partial charge in [-0.3, -0.25) is 0 Å². The molecule has 0 unspecified atom stereocenters. The number of aromatic nitrogens is 1. The molecule has 0 saturated carbocycles. The monoisotopic (exact) mass is 205 g/mol. The van der Waals surface area contributed by atoms with Crippen molar-refractivity contribution in [2.24, 2.45) is 0 Å². The summed E-state index contributed by atoms with van der Waals surface area (Å²) in [5, 5.41) is 3.39. The van der Waals surface area contributed by atoms with Crippen LogP contribution >= 0.6 is 15.9 Å². The Balaban J connectivity index is 2.93. The number of halogens is 1. The Kier molecular flexibility index (Phi) is 2.06. The highest BCUT2D eigenvalue weighted by Gasteiger charge is 2.13. The van der Waals surface area contributed by atoms with Crippen LogP contribution in [0.2, 0.25) is 0 Å². The first kappa shape index (κ1) is 7.27. The number of hydrogen-bond donors (Lipinski definition) is 0. The summed E-state index contributed by atoms with van der Waals surface area (Å²) in [5.41, 5.74) is 0.155. The molecule has 54 valence electrons. The van der Waals surface area contributed by atoms with Crippen molar-refractivity contribution >= 4 is 21.9 Å². The van der Waals surface area contributed by atoms with Gasteiger partial charge < -0.3 is 9.26 Å². The van der Waals surface area contributed by atoms with Gasteiger partial charge in [0.25, 0.3) is 0 Å². The number of carbonyl (C=O) groups excluding carboxylic acids is 1. The standard InChI is InChI=1S/C5H4BrNO3/c1-9-5(8)4-3(6)2-10-7-4/h2H,1H3. The van der Waals surface area contributed by atoms with Crippen LogP contribution in [0.25, 0.3) is 0 Å². The molecule has 0 radical (unpaired) electrons. The summed E-state index contributed by atoms with van der Waals surface area (Å²) in [5.74, 6) is -0.513. The highest BCUT2D eigenvalue weighted by molar-refractivity contribution is 9.10. The molecule has 1 aromatic rings. The molecule has 0 aromatic carbocycles. The summed E-state index contributed by atoms with van der Waals surface area (Å²) in [6, 6.07) is 0. The van der Waals surface area contributed by atoms with Gasteiger partial charge in [-0.25, -0.2) is 4.79 Å². The Hall–Kier alpha value is -0.840. The molecule has 5 heteroatoms. The lowest BCUT2D eigenvalue weighted by Crippen LogP contribution is -2.01. The Labute approximate surface area is 65.3 Å². The predicted molar refractivity (Wildman–Crippen MR) is 35.5 cm³/mol. The summed E-state index contributed by atoms with van der Waals surface area (Å²) >= 11 is 3.05. The van der Waals surface area contributed by atoms with Crippen LogP contribution in [-0.2, 0) is 4.74 Å². The average molecular weight is 206 g/mol. The normalized spacial score (nSPS) is 9.40. The van der Waals surface area contributed by atoms with Crippen LogP contribution in [0, 0.1) is 0 Å². The van der Waals surface area contributed by atoms with Crippen molar-refractivity contribution in [1.29, 1.82) is 0 Å². The van der Waals surface area contributed by atoms with Gasteiger partial charge in [0.1, 0.15) is 6.26 Å². The largest absolute Gasteiger partial charge is 0.464 e. The number of ether oxygens (including phenoxy) is 1. The Morgan fingerprint density at radius 3 is 3.00 bits per heavy atom. The second-order valence-corrected chi connectivity index (χ2v) is 2.36. The molecule has 1 rings (SSSR count). The van der Waals surface area contributed by atoms with Crippen LogP contribution in [0.3, 0.4) is 0 Å². The van der Waals surface area contributed by atoms with Crippen molar-refractivity contribution in [2.45, 2.75) is 0 Å². The molecule has 0 fully saturated rings. The van der Waals surface area contributed by atoms with Gasteiger partial charge in [-0.05, 0) is 15.9 Å². The van der Waals surface area contributed by atoms with E-state index in [4.69, 9.17) is 0 Å². The van der Waals surface area contributed by atoms with Gasteiger partial charge in [0.15, 0.2) is 0 Å². The minimum atomic E-state index is -0.513. The maximum Gasteiger partial charge on any atom is 0.361 e. The molecule has 1 heterocycles. The Bertz CT molecular complexity index is 245. The third-order valence-electron chi connectivity index (χ3n) is 0.905. The molecular weight excluding hydrogens is 202 g/mol. The van der Waals surface area contributed by atoms with Crippen LogP contribution in [0.4, 0.5) is 0 Å². The van der Waals surface area contributed by atoms with Crippen molar-refractivity contribution in [3.8, 4) is 0 Å². The van der Waals surface area contributed by atoms with E-state index in [1.165, 1.54) is 13.4 Å². The van der Waals surface area contributed by atoms with E-state index in [2.05, 4.69) is 30.3 Å². The lowest BCUT2D eigenvalue weighted by Gasteiger charge is -1.90. The first-order valence-corrected chi connectivity index (χ1v) is 3.23. The number of hydrogen-bond acceptors (Lipinski definition) is 4. The molecule has 0 amide bonds. The van der Waals surface area contributed by atoms with Gasteiger partial charge in [0.05, 0.1) is 11.6 Å². The zero-order valence-corrected chi connectivity index (χ0v) is 6.71. The molecule has 0 atom stereocenters. The summed E-state index contributed by atoms with van der Waals surface area (Å²) in [7, 11) is 1.28. The fourth-order valence-corrected chi connectivity index (χ4v) is 0.774. The molecule has 0 aliphatic rings. The van der Waals surface area contributed by atoms with Crippen molar-refractivity contribution in [3.63, 3.8) is 0 Å². The van der Waals surface area contributed by atoms with Crippen molar-refractivity contribution in [1.82, 2.24) is 5.16 Å². The van der Waals surface area contributed by atoms with Gasteiger partial charge in [-0.1, -0.05) is 5.16 Å². The maximum atomic E-state index is 10.7. The van der Waals surface area contributed by atoms with Crippen LogP contribution in [0.15, 0.2) is 15.3 Å². The molecule has 0 aliphatic carbocycles. The van der Waals surface area contributed by atoms with Crippen molar-refractivity contribution in [2.75, 3.05) is 7.11 Å². The van der Waals surface area contributed by atoms with E-state index < -0.39 is 5.97 Å². The molecule has 0 saturated heterocycles. The lowest BCUT2D eigenvalue weighted by molar-refractivity contribution is 0.0588. The fraction of sp³-hybridized carbons (Fsp3) is 0.200. The number of esters is 1. The van der Waals surface area contributed by atoms with E-state index >= 15 is 0 Å². The summed E-state index contributed by atoms with van der Waals surface area (Å²) < 4.78 is 9.35. The van der Waals surface area contributed by atoms with Gasteiger partial charge in [-0.2, -0.15) is 0 Å². The van der Waals surface area contributed by atoms with Crippen molar-refractivity contribution < 1.29 is 14.1 Å². The molecule has 0 aliphatic heterocycles. The summed E-state index contributed by atoms with van der Waals surface area (Å²) in [6.45, 7) is 0. The fourth-order valence-electron chi connectivity index (χ4n) is 0.456. The van der Waals surface area contributed by atoms with Gasteiger partial charge in [-0.15, -0.1) is 0 Å². The third-order valence-corrected chi connectivity index (χ3v) is 1.47. The summed E-state index contributed by atoms with van der Waals surface area (Å²) in [4.78, 5) is 10.7. The molecular formula is C5H4BrNO3. The second kappa shape index (κ2) is 2.83. The lowest BCUT2D eigenvalue weighted by atomic mass is 10.4. The van der Waals surface area contributed by atoms with Crippen LogP contribution < -0.4 is 0 Å². The van der Waals surface area contributed by atoms with E-state index in [0.717, 1.165) is 0 Å². The molecule has 0 spiro atoms. The molecule has 1 aromatic heterocycles. The second-order valence-electron chi connectivity index (χ2n) is 1.50. The quantitative estimate of drug-likeness (QED) is 0.648. The minimum absolute atomic E-state index is 0.155. The third kappa shape index (κ3) is 1.18. The van der Waals surface area contributed by atoms with Crippen molar-refractivity contribution in [3.05, 3.63) is 16.4 Å². The summed E-state index contributed by atoms with van der Waals surface area (Å²) in [6.07, 6.45) is 1.31. The van der Waals surface area contributed by atoms with Gasteiger partial charge in [0.2, 0.25) is 5.69 Å². The van der Waals surface area contributed by atoms with Crippen LogP contribution in [0.5, 0.6) is 0 Å². The zero-order valence-electron chi connectivity index (χ0n) is 5.13. The number of rotatable bonds is 1. The van der Waals surface area contributed by atoms with Gasteiger partial charge >= 0.3 is 5.97 Å². The topological polar surface area (TPSA) is 52.3 Å². The highest BCUT2D eigenvalue weighted by atomic mass is 79.9. The van der Waals surface area contributed by atoms with E-state index in [1.807, 2.05) is 0 Å². The number of nitrogens with zero attached hydrogens (tertiary/aromatic N) is 1. The predicted octanol–water partition coefficient (Wildman–Crippen LogP) is 1.22. The highest BCUT2D eigenvalue weighted by Crippen LogP contribution is 2.14. The van der Waals surface area contributed by atoms with Crippen LogP contribution in [-0.4, -0.2) is 18.2 Å². The van der Waals surface area contributed by atoms with E-state index in [-0.39, 0.29) is 5.69 Å². The smallest absolute Gasteiger partial charge is 0.361 e. The SMILES string of the molecule is COC(=O)c1nocc1Br. The molecule has 0 N–H and O–H groups in total. The number of methoxy groups -OCH3 is 1. The average Bonchev–Trinajstić information content (AvgIpc) is 2.34. The first-order chi connectivity index (χ1) is 4.75. The first-order valence-electron chi connectivity index (χ1n) is 2.44. The molecule has 4 nitrogen and oxygen atoms in total. The Morgan fingerprint density at radius 2 is 2.60 bits per heavy atom. The van der Waals surface area contributed by atoms with Gasteiger partial charge in [0, 0.05) is 0 Å². The van der Waals surface area contributed by atoms with E-state index in [1.54, 1.807) is 0 Å². The van der Waals surface area contributed by atoms with Crippen LogP contribution in [0.1, 0.15) is 10.5 Å². The zero-order chi connectivity index (χ0) is 7.56. The van der Waals surface area contributed by atoms with E-state index in [9.17, 15) is 4.79 Å². The minimum Gasteiger partial charge on any atom is -0.464 e.